The summed E-state index contributed by atoms with van der Waals surface area (Å²) in [5.41, 5.74) is 0.682. The van der Waals surface area contributed by atoms with E-state index in [1.54, 1.807) is 0 Å². The van der Waals surface area contributed by atoms with Crippen molar-refractivity contribution < 1.29 is 14.4 Å². The Balaban J connectivity index is 1.51. The Bertz CT molecular complexity index is 871. The monoisotopic (exact) mass is 334 g/mol. The molecule has 0 bridgehead atoms. The van der Waals surface area contributed by atoms with Crippen LogP contribution in [0.15, 0.2) is 54.6 Å². The Morgan fingerprint density at radius 2 is 1.60 bits per heavy atom. The normalized spacial score (nSPS) is 22.3. The van der Waals surface area contributed by atoms with Crippen molar-refractivity contribution >= 4 is 34.2 Å². The molecule has 0 unspecified atom stereocenters. The van der Waals surface area contributed by atoms with Gasteiger partial charge in [0.1, 0.15) is 6.54 Å². The first-order valence-corrected chi connectivity index (χ1v) is 8.43. The third-order valence-electron chi connectivity index (χ3n) is 4.96. The van der Waals surface area contributed by atoms with Crippen molar-refractivity contribution in [1.29, 1.82) is 0 Å². The van der Waals surface area contributed by atoms with Crippen LogP contribution < -0.4 is 5.32 Å². The highest BCUT2D eigenvalue weighted by Crippen LogP contribution is 2.35. The molecular formula is C20H18N2O3. The maximum atomic E-state index is 12.4. The Morgan fingerprint density at radius 3 is 2.32 bits per heavy atom. The van der Waals surface area contributed by atoms with Gasteiger partial charge >= 0.3 is 0 Å². The minimum Gasteiger partial charge on any atom is -0.324 e. The molecule has 1 aliphatic heterocycles. The molecule has 5 nitrogen and oxygen atoms in total. The summed E-state index contributed by atoms with van der Waals surface area (Å²) in [7, 11) is 0. The maximum Gasteiger partial charge on any atom is 0.244 e. The predicted molar refractivity (Wildman–Crippen MR) is 94.7 cm³/mol. The first-order chi connectivity index (χ1) is 12.1. The summed E-state index contributed by atoms with van der Waals surface area (Å²) in [6.45, 7) is -0.228. The zero-order valence-corrected chi connectivity index (χ0v) is 13.6. The van der Waals surface area contributed by atoms with Gasteiger partial charge in [-0.2, -0.15) is 0 Å². The van der Waals surface area contributed by atoms with E-state index >= 15 is 0 Å². The van der Waals surface area contributed by atoms with E-state index in [1.165, 1.54) is 0 Å². The number of hydrogen-bond acceptors (Lipinski definition) is 3. The summed E-state index contributed by atoms with van der Waals surface area (Å²) in [5, 5.41) is 4.78. The van der Waals surface area contributed by atoms with Gasteiger partial charge in [0.15, 0.2) is 0 Å². The van der Waals surface area contributed by atoms with E-state index in [4.69, 9.17) is 0 Å². The summed E-state index contributed by atoms with van der Waals surface area (Å²) < 4.78 is 0. The van der Waals surface area contributed by atoms with E-state index in [0.717, 1.165) is 15.7 Å². The van der Waals surface area contributed by atoms with Crippen LogP contribution >= 0.6 is 0 Å². The van der Waals surface area contributed by atoms with Crippen LogP contribution in [0.4, 0.5) is 5.69 Å². The number of anilines is 1. The van der Waals surface area contributed by atoms with Crippen molar-refractivity contribution in [3.05, 3.63) is 54.6 Å². The average Bonchev–Trinajstić information content (AvgIpc) is 2.87. The van der Waals surface area contributed by atoms with Crippen molar-refractivity contribution in [3.63, 3.8) is 0 Å². The summed E-state index contributed by atoms with van der Waals surface area (Å²) in [4.78, 5) is 38.4. The van der Waals surface area contributed by atoms with Gasteiger partial charge in [0.25, 0.3) is 0 Å². The van der Waals surface area contributed by atoms with Gasteiger partial charge in [-0.05, 0) is 24.3 Å². The van der Waals surface area contributed by atoms with E-state index in [0.29, 0.717) is 18.5 Å². The highest BCUT2D eigenvalue weighted by molar-refractivity contribution is 6.10. The number of hydrogen-bond donors (Lipinski definition) is 1. The topological polar surface area (TPSA) is 66.5 Å². The number of nitrogens with one attached hydrogen (secondary N) is 1. The third-order valence-corrected chi connectivity index (χ3v) is 4.96. The van der Waals surface area contributed by atoms with Crippen molar-refractivity contribution in [1.82, 2.24) is 4.90 Å². The molecule has 126 valence electrons. The van der Waals surface area contributed by atoms with E-state index in [9.17, 15) is 14.4 Å². The van der Waals surface area contributed by atoms with E-state index in [1.807, 2.05) is 54.6 Å². The summed E-state index contributed by atoms with van der Waals surface area (Å²) in [6, 6.07) is 13.4. The molecule has 4 rings (SSSR count). The highest BCUT2D eigenvalue weighted by atomic mass is 16.2. The van der Waals surface area contributed by atoms with Crippen LogP contribution in [0, 0.1) is 11.8 Å². The quantitative estimate of drug-likeness (QED) is 0.693. The number of rotatable bonds is 3. The molecule has 3 amide bonds. The van der Waals surface area contributed by atoms with Crippen molar-refractivity contribution in [3.8, 4) is 0 Å². The zero-order valence-electron chi connectivity index (χ0n) is 13.6. The highest BCUT2D eigenvalue weighted by Gasteiger charge is 2.47. The molecule has 2 aromatic rings. The molecule has 5 heteroatoms. The number of fused-ring (bicyclic) bond motifs is 2. The molecule has 1 heterocycles. The first-order valence-electron chi connectivity index (χ1n) is 8.43. The Hall–Kier alpha value is -2.95. The van der Waals surface area contributed by atoms with Gasteiger partial charge in [-0.3, -0.25) is 19.3 Å². The van der Waals surface area contributed by atoms with Crippen molar-refractivity contribution in [2.45, 2.75) is 12.8 Å². The molecule has 25 heavy (non-hydrogen) atoms. The van der Waals surface area contributed by atoms with Gasteiger partial charge in [0.05, 0.1) is 11.8 Å². The Labute approximate surface area is 145 Å². The predicted octanol–water partition coefficient (Wildman–Crippen LogP) is 2.73. The molecule has 0 saturated carbocycles. The van der Waals surface area contributed by atoms with E-state index in [2.05, 4.69) is 5.32 Å². The van der Waals surface area contributed by atoms with Gasteiger partial charge in [0, 0.05) is 11.1 Å². The molecule has 1 aliphatic carbocycles. The number of likely N-dealkylation sites (tertiary alicyclic amines) is 1. The van der Waals surface area contributed by atoms with Crippen molar-refractivity contribution in [2.24, 2.45) is 11.8 Å². The lowest BCUT2D eigenvalue weighted by Crippen LogP contribution is -2.38. The Morgan fingerprint density at radius 1 is 0.960 bits per heavy atom. The number of imide groups is 1. The average molecular weight is 334 g/mol. The number of amides is 3. The lowest BCUT2D eigenvalue weighted by molar-refractivity contribution is -0.142. The maximum absolute atomic E-state index is 12.4. The number of carbonyl (C=O) groups is 3. The minimum atomic E-state index is -0.357. The van der Waals surface area contributed by atoms with Crippen LogP contribution in [-0.2, 0) is 14.4 Å². The van der Waals surface area contributed by atoms with Crippen LogP contribution in [0.3, 0.4) is 0 Å². The van der Waals surface area contributed by atoms with Crippen molar-refractivity contribution in [2.75, 3.05) is 11.9 Å². The standard InChI is InChI=1S/C20H18N2O3/c23-18(21-17-11-5-7-13-6-1-2-8-14(13)17)12-22-19(24)15-9-3-4-10-16(15)20(22)25/h1-8,11,15-16H,9-10,12H2,(H,21,23)/t15-,16+. The second-order valence-electron chi connectivity index (χ2n) is 6.49. The largest absolute Gasteiger partial charge is 0.324 e. The summed E-state index contributed by atoms with van der Waals surface area (Å²) >= 11 is 0. The second-order valence-corrected chi connectivity index (χ2v) is 6.49. The van der Waals surface area contributed by atoms with Gasteiger partial charge in [-0.1, -0.05) is 48.6 Å². The minimum absolute atomic E-state index is 0.228. The molecule has 1 saturated heterocycles. The second kappa shape index (κ2) is 6.16. The van der Waals surface area contributed by atoms with E-state index < -0.39 is 0 Å². The summed E-state index contributed by atoms with van der Waals surface area (Å²) in [5.74, 6) is -1.42. The van der Waals surface area contributed by atoms with Crippen LogP contribution in [0.1, 0.15) is 12.8 Å². The number of allylic oxidation sites excluding steroid dienone is 2. The third kappa shape index (κ3) is 2.71. The fourth-order valence-corrected chi connectivity index (χ4v) is 3.69. The van der Waals surface area contributed by atoms with E-state index in [-0.39, 0.29) is 36.1 Å². The number of nitrogens with zero attached hydrogens (tertiary/aromatic N) is 1. The summed E-state index contributed by atoms with van der Waals surface area (Å²) in [6.07, 6.45) is 5.03. The first kappa shape index (κ1) is 15.6. The fraction of sp³-hybridized carbons (Fsp3) is 0.250. The molecule has 0 radical (unpaired) electrons. The molecule has 2 atom stereocenters. The lowest BCUT2D eigenvalue weighted by Gasteiger charge is -2.15. The molecule has 1 fully saturated rings. The smallest absolute Gasteiger partial charge is 0.244 e. The fourth-order valence-electron chi connectivity index (χ4n) is 3.69. The number of carbonyl (C=O) groups excluding carboxylic acids is 3. The molecule has 1 N–H and O–H groups in total. The van der Waals surface area contributed by atoms with Crippen LogP contribution in [-0.4, -0.2) is 29.2 Å². The molecule has 0 spiro atoms. The van der Waals surface area contributed by atoms with Gasteiger partial charge in [0.2, 0.25) is 17.7 Å². The lowest BCUT2D eigenvalue weighted by atomic mass is 9.85. The van der Waals surface area contributed by atoms with Gasteiger partial charge in [-0.25, -0.2) is 0 Å². The van der Waals surface area contributed by atoms with Crippen LogP contribution in [0.2, 0.25) is 0 Å². The number of benzene rings is 2. The molecule has 2 aliphatic rings. The van der Waals surface area contributed by atoms with Gasteiger partial charge < -0.3 is 5.32 Å². The van der Waals surface area contributed by atoms with Gasteiger partial charge in [-0.15, -0.1) is 0 Å². The molecule has 2 aromatic carbocycles. The van der Waals surface area contributed by atoms with Crippen LogP contribution in [0.5, 0.6) is 0 Å². The van der Waals surface area contributed by atoms with Crippen LogP contribution in [0.25, 0.3) is 10.8 Å². The zero-order chi connectivity index (χ0) is 17.4. The molecule has 0 aromatic heterocycles. The molecular weight excluding hydrogens is 316 g/mol. The Kier molecular flexibility index (Phi) is 3.84. The SMILES string of the molecule is O=C(CN1C(=O)[C@H]2CC=CC[C@H]2C1=O)Nc1cccc2ccccc12.